The second-order valence-corrected chi connectivity index (χ2v) is 4.20. The maximum Gasteiger partial charge on any atom is 0.304 e. The van der Waals surface area contributed by atoms with E-state index >= 15 is 0 Å². The fourth-order valence-corrected chi connectivity index (χ4v) is 1.34. The highest BCUT2D eigenvalue weighted by atomic mass is 16.7. The fraction of sp³-hybridized carbons (Fsp3) is 0.692. The summed E-state index contributed by atoms with van der Waals surface area (Å²) in [6, 6.07) is 0. The molecular formula is C13H22O9. The predicted molar refractivity (Wildman–Crippen MR) is 72.9 cm³/mol. The first-order valence-electron chi connectivity index (χ1n) is 6.39. The van der Waals surface area contributed by atoms with Crippen LogP contribution in [0.4, 0.5) is 0 Å². The van der Waals surface area contributed by atoms with Crippen molar-refractivity contribution in [1.29, 1.82) is 0 Å². The van der Waals surface area contributed by atoms with Gasteiger partial charge < -0.3 is 24.4 Å². The first-order chi connectivity index (χ1) is 10.0. The maximum atomic E-state index is 10.7. The molecule has 0 unspecified atom stereocenters. The predicted octanol–water partition coefficient (Wildman–Crippen LogP) is 0.799. The number of hydrogen-bond acceptors (Lipinski definition) is 7. The molecular weight excluding hydrogens is 300 g/mol. The number of carboxylic acid groups (broad SMARTS) is 2. The van der Waals surface area contributed by atoms with Crippen LogP contribution in [0.5, 0.6) is 0 Å². The van der Waals surface area contributed by atoms with Gasteiger partial charge in [-0.2, -0.15) is 0 Å². The van der Waals surface area contributed by atoms with E-state index in [1.165, 1.54) is 13.8 Å². The number of ether oxygens (including phenoxy) is 3. The van der Waals surface area contributed by atoms with E-state index in [1.807, 2.05) is 0 Å². The van der Waals surface area contributed by atoms with E-state index in [-0.39, 0.29) is 12.1 Å². The number of aliphatic carboxylic acids is 2. The van der Waals surface area contributed by atoms with Crippen LogP contribution in [0.1, 0.15) is 40.5 Å². The Kier molecular flexibility index (Phi) is 12.6. The maximum absolute atomic E-state index is 10.7. The molecule has 0 spiro atoms. The molecule has 1 aliphatic rings. The van der Waals surface area contributed by atoms with Crippen LogP contribution in [0.15, 0.2) is 0 Å². The van der Waals surface area contributed by atoms with E-state index in [1.54, 1.807) is 0 Å². The van der Waals surface area contributed by atoms with Gasteiger partial charge in [-0.15, -0.1) is 0 Å². The van der Waals surface area contributed by atoms with Crippen LogP contribution in [0.2, 0.25) is 0 Å². The van der Waals surface area contributed by atoms with Crippen LogP contribution < -0.4 is 0 Å². The van der Waals surface area contributed by atoms with Gasteiger partial charge in [-0.1, -0.05) is 0 Å². The van der Waals surface area contributed by atoms with E-state index in [0.29, 0.717) is 19.4 Å². The number of rotatable bonds is 2. The normalized spacial score (nSPS) is 19.3. The fourth-order valence-electron chi connectivity index (χ4n) is 1.34. The van der Waals surface area contributed by atoms with E-state index in [0.717, 1.165) is 13.8 Å². The van der Waals surface area contributed by atoms with Crippen LogP contribution in [0.3, 0.4) is 0 Å². The highest BCUT2D eigenvalue weighted by Gasteiger charge is 2.26. The molecule has 22 heavy (non-hydrogen) atoms. The largest absolute Gasteiger partial charge is 0.481 e. The minimum absolute atomic E-state index is 0.203. The van der Waals surface area contributed by atoms with Crippen molar-refractivity contribution in [1.82, 2.24) is 0 Å². The van der Waals surface area contributed by atoms with Crippen molar-refractivity contribution in [3.8, 4) is 0 Å². The molecule has 9 heteroatoms. The van der Waals surface area contributed by atoms with Crippen molar-refractivity contribution in [3.63, 3.8) is 0 Å². The molecule has 2 N–H and O–H groups in total. The topological polar surface area (TPSA) is 136 Å². The minimum Gasteiger partial charge on any atom is -0.481 e. The second kappa shape index (κ2) is 12.6. The molecule has 9 nitrogen and oxygen atoms in total. The third-order valence-electron chi connectivity index (χ3n) is 1.83. The number of esters is 2. The molecule has 0 aliphatic carbocycles. The highest BCUT2D eigenvalue weighted by molar-refractivity contribution is 5.66. The van der Waals surface area contributed by atoms with Gasteiger partial charge in [0.1, 0.15) is 6.10 Å². The van der Waals surface area contributed by atoms with E-state index in [4.69, 9.17) is 34.0 Å². The molecule has 0 saturated carbocycles. The molecule has 0 bridgehead atoms. The minimum atomic E-state index is -0.833. The molecule has 128 valence electrons. The van der Waals surface area contributed by atoms with Crippen LogP contribution in [0, 0.1) is 0 Å². The van der Waals surface area contributed by atoms with Gasteiger partial charge in [-0.25, -0.2) is 0 Å². The van der Waals surface area contributed by atoms with Gasteiger partial charge in [-0.05, 0) is 0 Å². The lowest BCUT2D eigenvalue weighted by Crippen LogP contribution is -2.34. The van der Waals surface area contributed by atoms with Crippen molar-refractivity contribution in [2.24, 2.45) is 0 Å². The summed E-state index contributed by atoms with van der Waals surface area (Å²) in [4.78, 5) is 39.3. The zero-order valence-electron chi connectivity index (χ0n) is 13.0. The van der Waals surface area contributed by atoms with Crippen molar-refractivity contribution in [2.45, 2.75) is 52.9 Å². The summed E-state index contributed by atoms with van der Waals surface area (Å²) in [7, 11) is 0. The zero-order chi connectivity index (χ0) is 17.7. The van der Waals surface area contributed by atoms with Crippen LogP contribution in [0.25, 0.3) is 0 Å². The molecule has 1 heterocycles. The molecule has 0 aromatic heterocycles. The third-order valence-corrected chi connectivity index (χ3v) is 1.83. The van der Waals surface area contributed by atoms with Crippen molar-refractivity contribution in [3.05, 3.63) is 0 Å². The molecule has 0 aromatic rings. The molecule has 1 saturated heterocycles. The van der Waals surface area contributed by atoms with Gasteiger partial charge in [0.05, 0.1) is 6.61 Å². The Morgan fingerprint density at radius 1 is 0.909 bits per heavy atom. The summed E-state index contributed by atoms with van der Waals surface area (Å²) in [6.07, 6.45) is 0.285. The van der Waals surface area contributed by atoms with Gasteiger partial charge in [0.2, 0.25) is 6.29 Å². The monoisotopic (exact) mass is 322 g/mol. The molecule has 0 radical (unpaired) electrons. The number of carboxylic acids is 2. The van der Waals surface area contributed by atoms with E-state index in [2.05, 4.69) is 0 Å². The van der Waals surface area contributed by atoms with Crippen molar-refractivity contribution >= 4 is 23.9 Å². The standard InChI is InChI=1S/C9H14O5.2C2H4O2/c1-6(10)13-8-3-4-12-9(5-8)14-7(2)11;2*1-2(3)4/h8-9H,3-5H2,1-2H3;2*1H3,(H,3,4)/t8-,9-;;/m0../s1. The Hall–Kier alpha value is -2.16. The zero-order valence-corrected chi connectivity index (χ0v) is 13.0. The number of hydrogen-bond donors (Lipinski definition) is 2. The van der Waals surface area contributed by atoms with Gasteiger partial charge in [0.15, 0.2) is 0 Å². The Balaban J connectivity index is 0. The Morgan fingerprint density at radius 3 is 1.68 bits per heavy atom. The summed E-state index contributed by atoms with van der Waals surface area (Å²) in [5.74, 6) is -2.38. The van der Waals surface area contributed by atoms with Crippen LogP contribution in [-0.2, 0) is 33.4 Å². The van der Waals surface area contributed by atoms with Crippen molar-refractivity contribution < 1.29 is 43.6 Å². The molecule has 1 rings (SSSR count). The molecule has 0 aromatic carbocycles. The lowest BCUT2D eigenvalue weighted by molar-refractivity contribution is -0.199. The summed E-state index contributed by atoms with van der Waals surface area (Å²) in [6.45, 7) is 5.28. The average Bonchev–Trinajstić information content (AvgIpc) is 2.25. The van der Waals surface area contributed by atoms with Crippen molar-refractivity contribution in [2.75, 3.05) is 6.61 Å². The number of carbonyl (C=O) groups is 4. The second-order valence-electron chi connectivity index (χ2n) is 4.20. The Bertz CT molecular complexity index is 336. The van der Waals surface area contributed by atoms with Gasteiger partial charge >= 0.3 is 11.9 Å². The van der Waals surface area contributed by atoms with Crippen LogP contribution in [-0.4, -0.2) is 53.1 Å². The summed E-state index contributed by atoms with van der Waals surface area (Å²) < 4.78 is 15.0. The molecule has 1 fully saturated rings. The van der Waals surface area contributed by atoms with Gasteiger partial charge in [0.25, 0.3) is 11.9 Å². The third kappa shape index (κ3) is 20.2. The molecule has 0 amide bonds. The lowest BCUT2D eigenvalue weighted by atomic mass is 10.1. The lowest BCUT2D eigenvalue weighted by Gasteiger charge is -2.28. The summed E-state index contributed by atoms with van der Waals surface area (Å²) in [5.41, 5.74) is 0. The van der Waals surface area contributed by atoms with Crippen LogP contribution >= 0.6 is 0 Å². The van der Waals surface area contributed by atoms with Gasteiger partial charge in [-0.3, -0.25) is 19.2 Å². The first-order valence-corrected chi connectivity index (χ1v) is 6.39. The quantitative estimate of drug-likeness (QED) is 0.707. The van der Waals surface area contributed by atoms with E-state index < -0.39 is 24.2 Å². The smallest absolute Gasteiger partial charge is 0.304 e. The van der Waals surface area contributed by atoms with E-state index in [9.17, 15) is 9.59 Å². The SMILES string of the molecule is CC(=O)O.CC(=O)O.CC(=O)O[C@H]1CCO[C@@H](OC(C)=O)C1. The molecule has 2 atom stereocenters. The van der Waals surface area contributed by atoms with Gasteiger partial charge in [0, 0.05) is 40.5 Å². The Morgan fingerprint density at radius 2 is 1.32 bits per heavy atom. The summed E-state index contributed by atoms with van der Waals surface area (Å²) in [5, 5.41) is 14.8. The highest BCUT2D eigenvalue weighted by Crippen LogP contribution is 2.17. The Labute approximate surface area is 128 Å². The first kappa shape index (κ1) is 22.1. The molecule has 1 aliphatic heterocycles. The summed E-state index contributed by atoms with van der Waals surface area (Å²) >= 11 is 0. The average molecular weight is 322 g/mol. The number of carbonyl (C=O) groups excluding carboxylic acids is 2.